The monoisotopic (exact) mass is 610 g/mol. The van der Waals surface area contributed by atoms with Gasteiger partial charge in [0.2, 0.25) is 5.88 Å². The molecule has 0 saturated carbocycles. The molecule has 10 heteroatoms. The molecule has 4 aromatic rings. The van der Waals surface area contributed by atoms with E-state index in [0.29, 0.717) is 24.0 Å². The number of carbonyl (C=O) groups is 1. The molecule has 2 N–H and O–H groups in total. The lowest BCUT2D eigenvalue weighted by Crippen LogP contribution is -2.35. The molecular formula is C35H42N6O4. The van der Waals surface area contributed by atoms with Crippen LogP contribution in [-0.2, 0) is 29.2 Å². The van der Waals surface area contributed by atoms with Crippen molar-refractivity contribution >= 4 is 23.1 Å². The van der Waals surface area contributed by atoms with Crippen molar-refractivity contribution < 1.29 is 19.0 Å². The highest BCUT2D eigenvalue weighted by atomic mass is 16.6. The van der Waals surface area contributed by atoms with Gasteiger partial charge in [-0.1, -0.05) is 6.07 Å². The van der Waals surface area contributed by atoms with E-state index in [4.69, 9.17) is 29.9 Å². The van der Waals surface area contributed by atoms with E-state index in [1.54, 1.807) is 18.3 Å². The summed E-state index contributed by atoms with van der Waals surface area (Å²) >= 11 is 0. The Morgan fingerprint density at radius 3 is 2.64 bits per heavy atom. The minimum Gasteiger partial charge on any atom is -0.473 e. The standard InChI is InChI=1S/C35H42N6O4/c1-35(2,3)45-34(42)26-7-8-30-31(20-26)41(21-28-13-18-43-28)32(38-30)22-40-16-11-25(12-17-40)29-5-4-6-33(39-29)44-23-24-10-15-37-27(19-24)9-14-36/h4-10,14-15,19-20,25,28H,11-13,16-18,21-23,36H2,1-3H3. The molecule has 10 nitrogen and oxygen atoms in total. The molecule has 0 amide bonds. The number of likely N-dealkylation sites (tertiary alicyclic amines) is 1. The van der Waals surface area contributed by atoms with Crippen LogP contribution in [0.15, 0.2) is 60.9 Å². The number of pyridine rings is 2. The Kier molecular flexibility index (Phi) is 9.14. The molecule has 2 saturated heterocycles. The molecule has 6 rings (SSSR count). The van der Waals surface area contributed by atoms with E-state index in [1.165, 1.54) is 6.20 Å². The lowest BCUT2D eigenvalue weighted by Gasteiger charge is -2.32. The number of rotatable bonds is 10. The zero-order valence-electron chi connectivity index (χ0n) is 26.3. The third-order valence-electron chi connectivity index (χ3n) is 8.26. The first-order chi connectivity index (χ1) is 21.7. The number of aromatic nitrogens is 4. The van der Waals surface area contributed by atoms with Crippen molar-refractivity contribution in [1.82, 2.24) is 24.4 Å². The molecule has 0 spiro atoms. The average molecular weight is 611 g/mol. The molecule has 1 atom stereocenters. The third-order valence-corrected chi connectivity index (χ3v) is 8.26. The van der Waals surface area contributed by atoms with E-state index >= 15 is 0 Å². The van der Waals surface area contributed by atoms with E-state index < -0.39 is 5.60 Å². The molecular weight excluding hydrogens is 568 g/mol. The van der Waals surface area contributed by atoms with Crippen LogP contribution >= 0.6 is 0 Å². The van der Waals surface area contributed by atoms with Crippen LogP contribution in [0.3, 0.4) is 0 Å². The number of hydrogen-bond acceptors (Lipinski definition) is 9. The van der Waals surface area contributed by atoms with Gasteiger partial charge in [-0.25, -0.2) is 14.8 Å². The lowest BCUT2D eigenvalue weighted by atomic mass is 9.93. The van der Waals surface area contributed by atoms with E-state index in [2.05, 4.69) is 20.5 Å². The fourth-order valence-electron chi connectivity index (χ4n) is 5.85. The first-order valence-electron chi connectivity index (χ1n) is 15.7. The van der Waals surface area contributed by atoms with Crippen molar-refractivity contribution in [3.05, 3.63) is 89.3 Å². The predicted octanol–water partition coefficient (Wildman–Crippen LogP) is 5.46. The number of nitrogens with two attached hydrogens (primary N) is 1. The van der Waals surface area contributed by atoms with Crippen molar-refractivity contribution in [1.29, 1.82) is 0 Å². The zero-order chi connectivity index (χ0) is 31.4. The maximum absolute atomic E-state index is 12.8. The first kappa shape index (κ1) is 30.7. The number of piperidine rings is 1. The molecule has 236 valence electrons. The second-order valence-electron chi connectivity index (χ2n) is 12.8. The highest BCUT2D eigenvalue weighted by Crippen LogP contribution is 2.30. The van der Waals surface area contributed by atoms with Crippen molar-refractivity contribution in [3.8, 4) is 5.88 Å². The van der Waals surface area contributed by atoms with Gasteiger partial charge >= 0.3 is 5.97 Å². The van der Waals surface area contributed by atoms with E-state index in [-0.39, 0.29) is 12.1 Å². The van der Waals surface area contributed by atoms with E-state index in [9.17, 15) is 4.79 Å². The minimum absolute atomic E-state index is 0.168. The maximum atomic E-state index is 12.8. The molecule has 3 aromatic heterocycles. The number of benzene rings is 1. The van der Waals surface area contributed by atoms with Gasteiger partial charge < -0.3 is 24.5 Å². The molecule has 1 unspecified atom stereocenters. The Labute approximate surface area is 264 Å². The van der Waals surface area contributed by atoms with Crippen molar-refractivity contribution in [2.45, 2.75) is 77.4 Å². The Balaban J connectivity index is 1.11. The summed E-state index contributed by atoms with van der Waals surface area (Å²) in [7, 11) is 0. The van der Waals surface area contributed by atoms with Gasteiger partial charge in [0.1, 0.15) is 18.0 Å². The molecule has 0 radical (unpaired) electrons. The largest absolute Gasteiger partial charge is 0.473 e. The highest BCUT2D eigenvalue weighted by Gasteiger charge is 2.27. The van der Waals surface area contributed by atoms with Crippen molar-refractivity contribution in [3.63, 3.8) is 0 Å². The Morgan fingerprint density at radius 2 is 1.91 bits per heavy atom. The Bertz CT molecular complexity index is 1660. The van der Waals surface area contributed by atoms with Crippen molar-refractivity contribution in [2.24, 2.45) is 5.73 Å². The maximum Gasteiger partial charge on any atom is 0.338 e. The van der Waals surface area contributed by atoms with E-state index in [0.717, 1.165) is 85.9 Å². The SMILES string of the molecule is CC(C)(C)OC(=O)c1ccc2nc(CN3CCC(c4cccc(OCc5ccnc(C=CN)c5)n4)CC3)n(CC3CCO3)c2c1. The van der Waals surface area contributed by atoms with Gasteiger partial charge in [-0.2, -0.15) is 0 Å². The van der Waals surface area contributed by atoms with Crippen LogP contribution in [0.1, 0.15) is 79.1 Å². The normalized spacial score (nSPS) is 17.9. The third kappa shape index (κ3) is 7.69. The van der Waals surface area contributed by atoms with Gasteiger partial charge in [0, 0.05) is 30.5 Å². The molecule has 2 aliphatic heterocycles. The summed E-state index contributed by atoms with van der Waals surface area (Å²) in [4.78, 5) is 29.4. The number of esters is 1. The highest BCUT2D eigenvalue weighted by molar-refractivity contribution is 5.94. The van der Waals surface area contributed by atoms with Gasteiger partial charge in [-0.05, 0) is 107 Å². The summed E-state index contributed by atoms with van der Waals surface area (Å²) in [6, 6.07) is 15.6. The van der Waals surface area contributed by atoms with Crippen LogP contribution in [-0.4, -0.2) is 61.8 Å². The zero-order valence-corrected chi connectivity index (χ0v) is 26.3. The second kappa shape index (κ2) is 13.4. The lowest BCUT2D eigenvalue weighted by molar-refractivity contribution is -0.0592. The molecule has 2 fully saturated rings. The van der Waals surface area contributed by atoms with Gasteiger partial charge in [0.15, 0.2) is 0 Å². The average Bonchev–Trinajstić information content (AvgIpc) is 3.33. The number of hydrogen-bond donors (Lipinski definition) is 1. The molecule has 2 aliphatic rings. The minimum atomic E-state index is -0.555. The van der Waals surface area contributed by atoms with Crippen LogP contribution in [0.5, 0.6) is 5.88 Å². The van der Waals surface area contributed by atoms with Gasteiger partial charge in [-0.3, -0.25) is 9.88 Å². The molecule has 0 bridgehead atoms. The summed E-state index contributed by atoms with van der Waals surface area (Å²) in [6.45, 7) is 10.2. The topological polar surface area (TPSA) is 118 Å². The van der Waals surface area contributed by atoms with Crippen LogP contribution in [0.2, 0.25) is 0 Å². The summed E-state index contributed by atoms with van der Waals surface area (Å²) in [5, 5.41) is 0. The first-order valence-corrected chi connectivity index (χ1v) is 15.7. The van der Waals surface area contributed by atoms with Crippen LogP contribution < -0.4 is 10.5 Å². The van der Waals surface area contributed by atoms with Gasteiger partial charge in [0.25, 0.3) is 0 Å². The smallest absolute Gasteiger partial charge is 0.338 e. The number of fused-ring (bicyclic) bond motifs is 1. The molecule has 1 aromatic carbocycles. The van der Waals surface area contributed by atoms with Gasteiger partial charge in [0.05, 0.1) is 41.5 Å². The van der Waals surface area contributed by atoms with E-state index in [1.807, 2.05) is 57.2 Å². The van der Waals surface area contributed by atoms with Gasteiger partial charge in [-0.15, -0.1) is 0 Å². The molecule has 5 heterocycles. The number of imidazole rings is 1. The fourth-order valence-corrected chi connectivity index (χ4v) is 5.85. The quantitative estimate of drug-likeness (QED) is 0.234. The van der Waals surface area contributed by atoms with Crippen LogP contribution in [0.4, 0.5) is 0 Å². The van der Waals surface area contributed by atoms with Crippen LogP contribution in [0.25, 0.3) is 17.1 Å². The number of ether oxygens (including phenoxy) is 3. The van der Waals surface area contributed by atoms with Crippen LogP contribution in [0, 0.1) is 0 Å². The summed E-state index contributed by atoms with van der Waals surface area (Å²) < 4.78 is 19.7. The molecule has 0 aliphatic carbocycles. The predicted molar refractivity (Wildman–Crippen MR) is 173 cm³/mol. The van der Waals surface area contributed by atoms with Crippen molar-refractivity contribution in [2.75, 3.05) is 19.7 Å². The second-order valence-corrected chi connectivity index (χ2v) is 12.8. The summed E-state index contributed by atoms with van der Waals surface area (Å²) in [6.07, 6.45) is 8.20. The number of carbonyl (C=O) groups excluding carboxylic acids is 1. The Hall–Kier alpha value is -4.28. The summed E-state index contributed by atoms with van der Waals surface area (Å²) in [5.41, 5.74) is 10.2. The Morgan fingerprint density at radius 1 is 1.09 bits per heavy atom. The summed E-state index contributed by atoms with van der Waals surface area (Å²) in [5.74, 6) is 1.66. The number of nitrogens with zero attached hydrogens (tertiary/aromatic N) is 5. The molecule has 45 heavy (non-hydrogen) atoms. The fraction of sp³-hybridized carbons (Fsp3) is 0.429.